The highest BCUT2D eigenvalue weighted by Gasteiger charge is 2.22. The van der Waals surface area contributed by atoms with Gasteiger partial charge in [-0.3, -0.25) is 4.99 Å². The molecule has 1 heterocycles. The highest BCUT2D eigenvalue weighted by Crippen LogP contribution is 2.34. The molecule has 2 unspecified atom stereocenters. The van der Waals surface area contributed by atoms with Crippen LogP contribution in [0.5, 0.6) is 0 Å². The van der Waals surface area contributed by atoms with Crippen molar-refractivity contribution in [3.8, 4) is 0 Å². The van der Waals surface area contributed by atoms with Crippen LogP contribution in [0.2, 0.25) is 0 Å². The van der Waals surface area contributed by atoms with Crippen molar-refractivity contribution < 1.29 is 4.74 Å². The lowest BCUT2D eigenvalue weighted by Crippen LogP contribution is -2.25. The van der Waals surface area contributed by atoms with E-state index in [0.29, 0.717) is 12.5 Å². The Hall–Kier alpha value is -2.71. The average molecular weight is 367 g/mol. The molecular formula is C26H25NO. The molecule has 2 nitrogen and oxygen atoms in total. The molecule has 0 fully saturated rings. The van der Waals surface area contributed by atoms with Gasteiger partial charge in [-0.1, -0.05) is 67.6 Å². The predicted octanol–water partition coefficient (Wildman–Crippen LogP) is 6.88. The third-order valence-electron chi connectivity index (χ3n) is 6.11. The molecule has 4 aromatic rings. The molecular weight excluding hydrogens is 342 g/mol. The summed E-state index contributed by atoms with van der Waals surface area (Å²) in [6, 6.07) is 24.1. The SMILES string of the molecule is CCC1CCC=NC1OCc1cc2c3ccccc3ccc2c2ccccc12. The molecule has 0 aromatic heterocycles. The van der Waals surface area contributed by atoms with Crippen molar-refractivity contribution in [3.63, 3.8) is 0 Å². The van der Waals surface area contributed by atoms with E-state index in [4.69, 9.17) is 4.74 Å². The van der Waals surface area contributed by atoms with Gasteiger partial charge in [-0.25, -0.2) is 0 Å². The van der Waals surface area contributed by atoms with Crippen LogP contribution < -0.4 is 0 Å². The van der Waals surface area contributed by atoms with Crippen LogP contribution in [0.1, 0.15) is 31.7 Å². The lowest BCUT2D eigenvalue weighted by atomic mass is 9.94. The zero-order chi connectivity index (χ0) is 18.9. The molecule has 1 aliphatic heterocycles. The molecule has 0 aliphatic carbocycles. The Morgan fingerprint density at radius 2 is 1.61 bits per heavy atom. The summed E-state index contributed by atoms with van der Waals surface area (Å²) in [5.41, 5.74) is 1.25. The van der Waals surface area contributed by atoms with Gasteiger partial charge in [0, 0.05) is 12.1 Å². The van der Waals surface area contributed by atoms with E-state index >= 15 is 0 Å². The first-order valence-corrected chi connectivity index (χ1v) is 10.3. The number of hydrogen-bond donors (Lipinski definition) is 0. The summed E-state index contributed by atoms with van der Waals surface area (Å²) < 4.78 is 6.34. The third kappa shape index (κ3) is 2.98. The van der Waals surface area contributed by atoms with Crippen LogP contribution in [0.15, 0.2) is 71.7 Å². The van der Waals surface area contributed by atoms with Gasteiger partial charge in [0.1, 0.15) is 0 Å². The molecule has 0 N–H and O–H groups in total. The number of nitrogens with zero attached hydrogens (tertiary/aromatic N) is 1. The molecule has 0 bridgehead atoms. The normalized spacial score (nSPS) is 19.6. The monoisotopic (exact) mass is 367 g/mol. The predicted molar refractivity (Wildman–Crippen MR) is 119 cm³/mol. The van der Waals surface area contributed by atoms with E-state index in [-0.39, 0.29) is 6.23 Å². The molecule has 5 rings (SSSR count). The van der Waals surface area contributed by atoms with Gasteiger partial charge in [0.15, 0.2) is 6.23 Å². The van der Waals surface area contributed by atoms with Crippen LogP contribution >= 0.6 is 0 Å². The van der Waals surface area contributed by atoms with Crippen LogP contribution in [-0.4, -0.2) is 12.4 Å². The highest BCUT2D eigenvalue weighted by molar-refractivity contribution is 6.18. The average Bonchev–Trinajstić information content (AvgIpc) is 2.77. The molecule has 0 amide bonds. The molecule has 4 aromatic carbocycles. The molecule has 140 valence electrons. The van der Waals surface area contributed by atoms with Crippen molar-refractivity contribution in [2.75, 3.05) is 0 Å². The Bertz CT molecular complexity index is 1180. The molecule has 0 saturated carbocycles. The van der Waals surface area contributed by atoms with Gasteiger partial charge >= 0.3 is 0 Å². The van der Waals surface area contributed by atoms with E-state index in [2.05, 4.69) is 78.6 Å². The quantitative estimate of drug-likeness (QED) is 0.360. The van der Waals surface area contributed by atoms with Gasteiger partial charge in [0.25, 0.3) is 0 Å². The zero-order valence-corrected chi connectivity index (χ0v) is 16.3. The number of benzene rings is 4. The standard InChI is InChI=1S/C26H25NO/c1-2-18-9-7-15-27-26(18)28-17-20-16-25-21-10-4-3-8-19(21)13-14-24(25)23-12-6-5-11-22(20)23/h3-6,8,10-16,18,26H,2,7,9,17H2,1H3. The second-order valence-corrected chi connectivity index (χ2v) is 7.74. The van der Waals surface area contributed by atoms with Crippen LogP contribution in [0.25, 0.3) is 32.3 Å². The summed E-state index contributed by atoms with van der Waals surface area (Å²) in [5, 5.41) is 7.76. The minimum absolute atomic E-state index is 0.0132. The fourth-order valence-corrected chi connectivity index (χ4v) is 4.55. The number of aliphatic imine (C=N–C) groups is 1. The molecule has 0 spiro atoms. The number of ether oxygens (including phenoxy) is 1. The summed E-state index contributed by atoms with van der Waals surface area (Å²) >= 11 is 0. The van der Waals surface area contributed by atoms with E-state index in [1.54, 1.807) is 0 Å². The molecule has 2 heteroatoms. The second kappa shape index (κ2) is 7.37. The van der Waals surface area contributed by atoms with Crippen molar-refractivity contribution >= 4 is 38.5 Å². The van der Waals surface area contributed by atoms with Crippen molar-refractivity contribution in [1.29, 1.82) is 0 Å². The number of fused-ring (bicyclic) bond motifs is 5. The summed E-state index contributed by atoms with van der Waals surface area (Å²) in [7, 11) is 0. The van der Waals surface area contributed by atoms with E-state index in [1.807, 2.05) is 6.21 Å². The molecule has 1 aliphatic rings. The fourth-order valence-electron chi connectivity index (χ4n) is 4.55. The molecule has 0 radical (unpaired) electrons. The first-order valence-electron chi connectivity index (χ1n) is 10.3. The van der Waals surface area contributed by atoms with Crippen molar-refractivity contribution in [2.24, 2.45) is 10.9 Å². The summed E-state index contributed by atoms with van der Waals surface area (Å²) in [5.74, 6) is 0.526. The smallest absolute Gasteiger partial charge is 0.151 e. The van der Waals surface area contributed by atoms with Gasteiger partial charge in [-0.05, 0) is 63.2 Å². The summed E-state index contributed by atoms with van der Waals surface area (Å²) in [6.07, 6.45) is 5.38. The first kappa shape index (κ1) is 17.4. The minimum Gasteiger partial charge on any atom is -0.352 e. The maximum absolute atomic E-state index is 6.34. The van der Waals surface area contributed by atoms with E-state index in [1.165, 1.54) is 44.3 Å². The Labute approximate surface area is 165 Å². The molecule has 2 atom stereocenters. The molecule has 28 heavy (non-hydrogen) atoms. The van der Waals surface area contributed by atoms with Crippen LogP contribution in [0.4, 0.5) is 0 Å². The molecule has 0 saturated heterocycles. The number of rotatable bonds is 4. The van der Waals surface area contributed by atoms with Gasteiger partial charge in [-0.2, -0.15) is 0 Å². The Morgan fingerprint density at radius 1 is 0.857 bits per heavy atom. The zero-order valence-electron chi connectivity index (χ0n) is 16.3. The van der Waals surface area contributed by atoms with Crippen molar-refractivity contribution in [3.05, 3.63) is 72.3 Å². The van der Waals surface area contributed by atoms with Gasteiger partial charge in [-0.15, -0.1) is 0 Å². The van der Waals surface area contributed by atoms with E-state index in [0.717, 1.165) is 12.8 Å². The maximum atomic E-state index is 6.34. The second-order valence-electron chi connectivity index (χ2n) is 7.74. The van der Waals surface area contributed by atoms with Gasteiger partial charge < -0.3 is 4.74 Å². The number of hydrogen-bond acceptors (Lipinski definition) is 2. The van der Waals surface area contributed by atoms with Crippen LogP contribution in [-0.2, 0) is 11.3 Å². The first-order chi connectivity index (χ1) is 13.8. The largest absolute Gasteiger partial charge is 0.352 e. The fraction of sp³-hybridized carbons (Fsp3) is 0.269. The summed E-state index contributed by atoms with van der Waals surface area (Å²) in [6.45, 7) is 2.83. The third-order valence-corrected chi connectivity index (χ3v) is 6.11. The van der Waals surface area contributed by atoms with E-state index in [9.17, 15) is 0 Å². The van der Waals surface area contributed by atoms with Crippen molar-refractivity contribution in [1.82, 2.24) is 0 Å². The Kier molecular flexibility index (Phi) is 4.58. The van der Waals surface area contributed by atoms with Crippen LogP contribution in [0.3, 0.4) is 0 Å². The Morgan fingerprint density at radius 3 is 2.46 bits per heavy atom. The Balaban J connectivity index is 1.63. The highest BCUT2D eigenvalue weighted by atomic mass is 16.5. The van der Waals surface area contributed by atoms with Gasteiger partial charge in [0.2, 0.25) is 0 Å². The maximum Gasteiger partial charge on any atom is 0.151 e. The topological polar surface area (TPSA) is 21.6 Å². The minimum atomic E-state index is -0.0132. The lowest BCUT2D eigenvalue weighted by Gasteiger charge is -2.26. The van der Waals surface area contributed by atoms with Gasteiger partial charge in [0.05, 0.1) is 6.61 Å². The van der Waals surface area contributed by atoms with Crippen LogP contribution in [0, 0.1) is 5.92 Å². The van der Waals surface area contributed by atoms with Crippen molar-refractivity contribution in [2.45, 2.75) is 39.0 Å². The lowest BCUT2D eigenvalue weighted by molar-refractivity contribution is 0.00107. The summed E-state index contributed by atoms with van der Waals surface area (Å²) in [4.78, 5) is 4.64. The van der Waals surface area contributed by atoms with E-state index < -0.39 is 0 Å².